The molecule has 0 fully saturated rings. The average molecular weight is 173 g/mol. The lowest BCUT2D eigenvalue weighted by atomic mass is 10.4. The molecular weight excluding hydrogens is 164 g/mol. The predicted molar refractivity (Wildman–Crippen MR) is 43.0 cm³/mol. The lowest BCUT2D eigenvalue weighted by molar-refractivity contribution is 0.410. The summed E-state index contributed by atoms with van der Waals surface area (Å²) in [6.07, 6.45) is 2.36. The summed E-state index contributed by atoms with van der Waals surface area (Å²) in [6.45, 7) is 1.97. The van der Waals surface area contributed by atoms with E-state index in [4.69, 9.17) is 16.3 Å². The molecule has 0 saturated carbocycles. The number of aromatic nitrogens is 2. The molecule has 4 heteroatoms. The van der Waals surface area contributed by atoms with Gasteiger partial charge in [-0.3, -0.25) is 0 Å². The van der Waals surface area contributed by atoms with Gasteiger partial charge in [-0.15, -0.1) is 0 Å². The molecule has 60 valence electrons. The van der Waals surface area contributed by atoms with Gasteiger partial charge in [-0.25, -0.2) is 9.97 Å². The maximum Gasteiger partial charge on any atom is 0.174 e. The molecule has 0 aliphatic rings. The molecule has 0 radical (unpaired) electrons. The Balaban J connectivity index is 2.99. The smallest absolute Gasteiger partial charge is 0.174 e. The van der Waals surface area contributed by atoms with Crippen molar-refractivity contribution in [3.8, 4) is 5.75 Å². The highest BCUT2D eigenvalue weighted by Gasteiger charge is 2.02. The van der Waals surface area contributed by atoms with E-state index in [9.17, 15) is 0 Å². The second-order valence-electron chi connectivity index (χ2n) is 2.00. The first-order valence-electron chi connectivity index (χ1n) is 3.33. The highest BCUT2D eigenvalue weighted by molar-refractivity contribution is 6.30. The van der Waals surface area contributed by atoms with E-state index in [2.05, 4.69) is 9.97 Å². The average Bonchev–Trinajstić information content (AvgIpc) is 2.04. The monoisotopic (exact) mass is 172 g/mol. The molecule has 0 aliphatic heterocycles. The molecule has 11 heavy (non-hydrogen) atoms. The van der Waals surface area contributed by atoms with Gasteiger partial charge in [0.2, 0.25) is 0 Å². The predicted octanol–water partition coefficient (Wildman–Crippen LogP) is 1.70. The summed E-state index contributed by atoms with van der Waals surface area (Å²) in [5.74, 6) is 1.25. The van der Waals surface area contributed by atoms with Gasteiger partial charge in [0.15, 0.2) is 10.9 Å². The zero-order chi connectivity index (χ0) is 8.27. The number of hydrogen-bond donors (Lipinski definition) is 0. The highest BCUT2D eigenvalue weighted by Crippen LogP contribution is 2.19. The third-order valence-electron chi connectivity index (χ3n) is 1.30. The van der Waals surface area contributed by atoms with Crippen LogP contribution in [0.1, 0.15) is 12.7 Å². The maximum atomic E-state index is 5.73. The number of rotatable bonds is 2. The number of ether oxygens (including phenoxy) is 1. The van der Waals surface area contributed by atoms with Crippen LogP contribution in [0.2, 0.25) is 5.15 Å². The summed E-state index contributed by atoms with van der Waals surface area (Å²) in [6, 6.07) is 0. The van der Waals surface area contributed by atoms with E-state index in [0.29, 0.717) is 10.9 Å². The van der Waals surface area contributed by atoms with Crippen molar-refractivity contribution in [1.29, 1.82) is 0 Å². The molecule has 3 nitrogen and oxygen atoms in total. The molecule has 1 aromatic heterocycles. The number of hydrogen-bond acceptors (Lipinski definition) is 3. The minimum absolute atomic E-state index is 0.374. The summed E-state index contributed by atoms with van der Waals surface area (Å²) >= 11 is 5.73. The van der Waals surface area contributed by atoms with Gasteiger partial charge >= 0.3 is 0 Å². The van der Waals surface area contributed by atoms with Gasteiger partial charge < -0.3 is 4.74 Å². The van der Waals surface area contributed by atoms with Gasteiger partial charge in [0.05, 0.1) is 13.3 Å². The number of halogens is 1. The van der Waals surface area contributed by atoms with Gasteiger partial charge in [0.1, 0.15) is 5.82 Å². The van der Waals surface area contributed by atoms with E-state index in [1.807, 2.05) is 6.92 Å². The zero-order valence-electron chi connectivity index (χ0n) is 6.47. The van der Waals surface area contributed by atoms with Gasteiger partial charge in [-0.2, -0.15) is 0 Å². The molecule has 0 N–H and O–H groups in total. The molecule has 0 aliphatic carbocycles. The molecule has 0 unspecified atom stereocenters. The van der Waals surface area contributed by atoms with Crippen LogP contribution in [0.25, 0.3) is 0 Å². The van der Waals surface area contributed by atoms with E-state index in [0.717, 1.165) is 12.2 Å². The molecule has 0 atom stereocenters. The fourth-order valence-corrected chi connectivity index (χ4v) is 0.914. The van der Waals surface area contributed by atoms with Crippen LogP contribution in [-0.4, -0.2) is 17.1 Å². The Bertz CT molecular complexity index is 252. The Morgan fingerprint density at radius 1 is 1.64 bits per heavy atom. The highest BCUT2D eigenvalue weighted by atomic mass is 35.5. The van der Waals surface area contributed by atoms with Crippen molar-refractivity contribution in [2.45, 2.75) is 13.3 Å². The van der Waals surface area contributed by atoms with Gasteiger partial charge in [0.25, 0.3) is 0 Å². The summed E-state index contributed by atoms with van der Waals surface area (Å²) in [5, 5.41) is 0.374. The van der Waals surface area contributed by atoms with Gasteiger partial charge in [-0.1, -0.05) is 18.5 Å². The Kier molecular flexibility index (Phi) is 2.65. The van der Waals surface area contributed by atoms with E-state index >= 15 is 0 Å². The summed E-state index contributed by atoms with van der Waals surface area (Å²) in [4.78, 5) is 8.00. The van der Waals surface area contributed by atoms with Gasteiger partial charge in [-0.05, 0) is 0 Å². The lowest BCUT2D eigenvalue weighted by Crippen LogP contribution is -1.95. The lowest BCUT2D eigenvalue weighted by Gasteiger charge is -2.01. The fourth-order valence-electron chi connectivity index (χ4n) is 0.691. The van der Waals surface area contributed by atoms with Crippen molar-refractivity contribution in [2.75, 3.05) is 7.11 Å². The van der Waals surface area contributed by atoms with Crippen LogP contribution in [0.4, 0.5) is 0 Å². The SMILES string of the molecule is CCc1ncc(OC)c(Cl)n1. The van der Waals surface area contributed by atoms with Crippen molar-refractivity contribution in [3.05, 3.63) is 17.2 Å². The van der Waals surface area contributed by atoms with Crippen molar-refractivity contribution >= 4 is 11.6 Å². The third-order valence-corrected chi connectivity index (χ3v) is 1.57. The Labute approximate surface area is 70.4 Å². The second kappa shape index (κ2) is 3.53. The third kappa shape index (κ3) is 1.80. The quantitative estimate of drug-likeness (QED) is 0.637. The van der Waals surface area contributed by atoms with Crippen LogP contribution in [0.15, 0.2) is 6.20 Å². The summed E-state index contributed by atoms with van der Waals surface area (Å²) in [7, 11) is 1.54. The maximum absolute atomic E-state index is 5.73. The molecule has 0 spiro atoms. The normalized spacial score (nSPS) is 9.73. The zero-order valence-corrected chi connectivity index (χ0v) is 7.22. The van der Waals surface area contributed by atoms with Crippen LogP contribution < -0.4 is 4.74 Å². The first-order chi connectivity index (χ1) is 5.27. The van der Waals surface area contributed by atoms with E-state index in [1.54, 1.807) is 6.20 Å². The molecule has 0 aromatic carbocycles. The number of nitrogens with zero attached hydrogens (tertiary/aromatic N) is 2. The van der Waals surface area contributed by atoms with Gasteiger partial charge in [0, 0.05) is 6.42 Å². The van der Waals surface area contributed by atoms with Crippen LogP contribution in [0, 0.1) is 0 Å². The fraction of sp³-hybridized carbons (Fsp3) is 0.429. The summed E-state index contributed by atoms with van der Waals surface area (Å²) in [5.41, 5.74) is 0. The largest absolute Gasteiger partial charge is 0.492 e. The standard InChI is InChI=1S/C7H9ClN2O/c1-3-6-9-4-5(11-2)7(8)10-6/h4H,3H2,1-2H3. The van der Waals surface area contributed by atoms with Crippen LogP contribution in [0.5, 0.6) is 5.75 Å². The Morgan fingerprint density at radius 2 is 2.36 bits per heavy atom. The first-order valence-corrected chi connectivity index (χ1v) is 3.71. The van der Waals surface area contributed by atoms with Crippen molar-refractivity contribution in [3.63, 3.8) is 0 Å². The minimum atomic E-state index is 0.374. The van der Waals surface area contributed by atoms with E-state index in [1.165, 1.54) is 7.11 Å². The van der Waals surface area contributed by atoms with E-state index in [-0.39, 0.29) is 0 Å². The topological polar surface area (TPSA) is 35.0 Å². The first kappa shape index (κ1) is 8.27. The van der Waals surface area contributed by atoms with E-state index < -0.39 is 0 Å². The molecule has 0 amide bonds. The van der Waals surface area contributed by atoms with Crippen LogP contribution >= 0.6 is 11.6 Å². The number of aryl methyl sites for hydroxylation is 1. The molecule has 1 aromatic rings. The van der Waals surface area contributed by atoms with Crippen molar-refractivity contribution in [1.82, 2.24) is 9.97 Å². The molecule has 1 rings (SSSR count). The summed E-state index contributed by atoms with van der Waals surface area (Å²) < 4.78 is 4.89. The minimum Gasteiger partial charge on any atom is -0.492 e. The van der Waals surface area contributed by atoms with Crippen LogP contribution in [0.3, 0.4) is 0 Å². The second-order valence-corrected chi connectivity index (χ2v) is 2.36. The Morgan fingerprint density at radius 3 is 2.82 bits per heavy atom. The van der Waals surface area contributed by atoms with Crippen LogP contribution in [-0.2, 0) is 6.42 Å². The number of methoxy groups -OCH3 is 1. The van der Waals surface area contributed by atoms with Crippen molar-refractivity contribution < 1.29 is 4.74 Å². The van der Waals surface area contributed by atoms with Crippen molar-refractivity contribution in [2.24, 2.45) is 0 Å². The molecular formula is C7H9ClN2O. The molecule has 0 bridgehead atoms. The molecule has 1 heterocycles. The molecule has 0 saturated heterocycles. The Hall–Kier alpha value is -0.830.